The molecule has 3 heteroatoms. The summed E-state index contributed by atoms with van der Waals surface area (Å²) < 4.78 is 2.07. The highest BCUT2D eigenvalue weighted by molar-refractivity contribution is 5.68. The van der Waals surface area contributed by atoms with E-state index < -0.39 is 0 Å². The molecule has 0 aromatic carbocycles. The van der Waals surface area contributed by atoms with Crippen LogP contribution in [0.15, 0.2) is 55.1 Å². The minimum absolute atomic E-state index is 1.09. The van der Waals surface area contributed by atoms with Crippen LogP contribution in [0.5, 0.6) is 0 Å². The van der Waals surface area contributed by atoms with Crippen molar-refractivity contribution in [3.8, 4) is 17.1 Å². The van der Waals surface area contributed by atoms with Crippen molar-refractivity contribution < 1.29 is 0 Å². The maximum absolute atomic E-state index is 3.24. The molecule has 0 aliphatic carbocycles. The second-order valence-corrected chi connectivity index (χ2v) is 3.41. The molecule has 0 spiro atoms. The Bertz CT molecular complexity index is 480. The van der Waals surface area contributed by atoms with E-state index in [1.165, 1.54) is 5.56 Å². The molecule has 0 saturated heterocycles. The Morgan fingerprint density at radius 1 is 0.867 bits per heavy atom. The van der Waals surface area contributed by atoms with Gasteiger partial charge in [-0.3, -0.25) is 0 Å². The monoisotopic (exact) mass is 197 g/mol. The van der Waals surface area contributed by atoms with Crippen molar-refractivity contribution in [2.75, 3.05) is 0 Å². The van der Waals surface area contributed by atoms with Crippen LogP contribution in [0.4, 0.5) is 0 Å². The van der Waals surface area contributed by atoms with Gasteiger partial charge in [0.2, 0.25) is 0 Å². The summed E-state index contributed by atoms with van der Waals surface area (Å²) >= 11 is 0. The van der Waals surface area contributed by atoms with Gasteiger partial charge in [-0.1, -0.05) is 0 Å². The predicted molar refractivity (Wildman–Crippen MR) is 59.9 cm³/mol. The van der Waals surface area contributed by atoms with Crippen LogP contribution >= 0.6 is 0 Å². The van der Waals surface area contributed by atoms with Gasteiger partial charge in [0.25, 0.3) is 0 Å². The van der Waals surface area contributed by atoms with Crippen molar-refractivity contribution in [2.45, 2.75) is 0 Å². The van der Waals surface area contributed by atoms with Gasteiger partial charge < -0.3 is 14.5 Å². The van der Waals surface area contributed by atoms with E-state index in [1.54, 1.807) is 0 Å². The number of hydrogen-bond acceptors (Lipinski definition) is 0. The van der Waals surface area contributed by atoms with E-state index in [4.69, 9.17) is 0 Å². The van der Waals surface area contributed by atoms with E-state index in [-0.39, 0.29) is 0 Å². The van der Waals surface area contributed by atoms with Crippen molar-refractivity contribution in [1.82, 2.24) is 14.5 Å². The van der Waals surface area contributed by atoms with Crippen LogP contribution in [0.1, 0.15) is 0 Å². The Balaban J connectivity index is 2.15. The first-order valence-corrected chi connectivity index (χ1v) is 4.89. The zero-order valence-electron chi connectivity index (χ0n) is 8.14. The van der Waals surface area contributed by atoms with Crippen molar-refractivity contribution in [1.29, 1.82) is 0 Å². The lowest BCUT2D eigenvalue weighted by molar-refractivity contribution is 1.03. The number of hydrogen-bond donors (Lipinski definition) is 2. The molecular weight excluding hydrogens is 186 g/mol. The molecule has 0 radical (unpaired) electrons. The summed E-state index contributed by atoms with van der Waals surface area (Å²) in [5.41, 5.74) is 2.30. The third kappa shape index (κ3) is 1.29. The minimum Gasteiger partial charge on any atom is -0.361 e. The zero-order valence-corrected chi connectivity index (χ0v) is 8.14. The zero-order chi connectivity index (χ0) is 10.1. The fourth-order valence-electron chi connectivity index (χ4n) is 1.77. The molecule has 3 nitrogen and oxygen atoms in total. The number of aromatic amines is 2. The van der Waals surface area contributed by atoms with Crippen LogP contribution < -0.4 is 0 Å². The van der Waals surface area contributed by atoms with Gasteiger partial charge in [-0.15, -0.1) is 0 Å². The Labute approximate surface area is 87.4 Å². The number of nitrogens with zero attached hydrogens (tertiary/aromatic N) is 1. The molecule has 2 N–H and O–H groups in total. The van der Waals surface area contributed by atoms with Crippen LogP contribution in [-0.4, -0.2) is 14.5 Å². The fraction of sp³-hybridized carbons (Fsp3) is 0. The maximum Gasteiger partial charge on any atom is 0.123 e. The lowest BCUT2D eigenvalue weighted by atomic mass is 10.2. The average molecular weight is 197 g/mol. The van der Waals surface area contributed by atoms with Crippen molar-refractivity contribution in [2.24, 2.45) is 0 Å². The van der Waals surface area contributed by atoms with Crippen LogP contribution in [0.2, 0.25) is 0 Å². The van der Waals surface area contributed by atoms with E-state index in [9.17, 15) is 0 Å². The summed E-state index contributed by atoms with van der Waals surface area (Å²) in [6.45, 7) is 0. The van der Waals surface area contributed by atoms with E-state index in [1.807, 2.05) is 43.0 Å². The molecule has 0 saturated carbocycles. The fourth-order valence-corrected chi connectivity index (χ4v) is 1.77. The third-order valence-corrected chi connectivity index (χ3v) is 2.48. The molecule has 15 heavy (non-hydrogen) atoms. The number of aromatic nitrogens is 3. The summed E-state index contributed by atoms with van der Waals surface area (Å²) in [6.07, 6.45) is 7.93. The molecule has 3 aromatic heterocycles. The Morgan fingerprint density at radius 3 is 2.47 bits per heavy atom. The summed E-state index contributed by atoms with van der Waals surface area (Å²) in [4.78, 5) is 6.45. The highest BCUT2D eigenvalue weighted by Gasteiger charge is 2.07. The molecule has 0 bridgehead atoms. The number of H-pyrrole nitrogens is 2. The summed E-state index contributed by atoms with van der Waals surface area (Å²) in [5.74, 6) is 1.09. The molecular formula is C12H11N3. The molecule has 3 aromatic rings. The minimum atomic E-state index is 1.09. The highest BCUT2D eigenvalue weighted by Crippen LogP contribution is 2.23. The second-order valence-electron chi connectivity index (χ2n) is 3.41. The normalized spacial score (nSPS) is 10.7. The van der Waals surface area contributed by atoms with E-state index in [0.29, 0.717) is 0 Å². The molecule has 0 aliphatic rings. The van der Waals surface area contributed by atoms with Gasteiger partial charge in [0, 0.05) is 36.0 Å². The molecule has 0 fully saturated rings. The number of nitrogens with one attached hydrogen (secondary N) is 2. The molecule has 3 heterocycles. The van der Waals surface area contributed by atoms with Gasteiger partial charge in [-0.2, -0.15) is 0 Å². The van der Waals surface area contributed by atoms with E-state index in [2.05, 4.69) is 26.7 Å². The molecule has 0 aliphatic heterocycles. The van der Waals surface area contributed by atoms with Gasteiger partial charge in [0.15, 0.2) is 0 Å². The standard InChI is InChI=1S/C12H11N3/c1-2-9-15(8-1)12-10(5-7-14-12)11-4-3-6-13-11/h1-9,13-14H. The first-order valence-electron chi connectivity index (χ1n) is 4.89. The third-order valence-electron chi connectivity index (χ3n) is 2.48. The van der Waals surface area contributed by atoms with Gasteiger partial charge >= 0.3 is 0 Å². The van der Waals surface area contributed by atoms with E-state index in [0.717, 1.165) is 11.5 Å². The molecule has 0 unspecified atom stereocenters. The Hall–Kier alpha value is -2.16. The lowest BCUT2D eigenvalue weighted by Crippen LogP contribution is -1.92. The van der Waals surface area contributed by atoms with Crippen molar-refractivity contribution in [3.05, 3.63) is 55.1 Å². The van der Waals surface area contributed by atoms with Gasteiger partial charge in [0.1, 0.15) is 5.82 Å². The quantitative estimate of drug-likeness (QED) is 0.634. The van der Waals surface area contributed by atoms with Crippen LogP contribution in [-0.2, 0) is 0 Å². The molecule has 0 amide bonds. The molecule has 74 valence electrons. The summed E-state index contributed by atoms with van der Waals surface area (Å²) in [7, 11) is 0. The van der Waals surface area contributed by atoms with Crippen LogP contribution in [0.3, 0.4) is 0 Å². The smallest absolute Gasteiger partial charge is 0.123 e. The summed E-state index contributed by atoms with van der Waals surface area (Å²) in [6, 6.07) is 10.2. The molecule has 0 atom stereocenters. The Kier molecular flexibility index (Phi) is 1.75. The molecule has 3 rings (SSSR count). The maximum atomic E-state index is 3.24. The van der Waals surface area contributed by atoms with Crippen LogP contribution in [0.25, 0.3) is 17.1 Å². The average Bonchev–Trinajstić information content (AvgIpc) is 3.01. The number of rotatable bonds is 2. The van der Waals surface area contributed by atoms with Crippen LogP contribution in [0, 0.1) is 0 Å². The van der Waals surface area contributed by atoms with Gasteiger partial charge in [-0.05, 0) is 30.3 Å². The topological polar surface area (TPSA) is 36.5 Å². The SMILES string of the molecule is c1c[nH]c(-c2cc[nH]c2-n2cccc2)c1. The predicted octanol–water partition coefficient (Wildman–Crippen LogP) is 2.80. The highest BCUT2D eigenvalue weighted by atomic mass is 15.0. The van der Waals surface area contributed by atoms with Crippen molar-refractivity contribution in [3.63, 3.8) is 0 Å². The Morgan fingerprint density at radius 2 is 1.73 bits per heavy atom. The van der Waals surface area contributed by atoms with Gasteiger partial charge in [-0.25, -0.2) is 0 Å². The lowest BCUT2D eigenvalue weighted by Gasteiger charge is -2.03. The first-order chi connectivity index (χ1) is 7.45. The first kappa shape index (κ1) is 8.17. The van der Waals surface area contributed by atoms with Crippen molar-refractivity contribution >= 4 is 0 Å². The second kappa shape index (κ2) is 3.20. The van der Waals surface area contributed by atoms with Gasteiger partial charge in [0.05, 0.1) is 0 Å². The van der Waals surface area contributed by atoms with E-state index >= 15 is 0 Å². The largest absolute Gasteiger partial charge is 0.361 e. The summed E-state index contributed by atoms with van der Waals surface area (Å²) in [5, 5.41) is 0.